The van der Waals surface area contributed by atoms with Crippen molar-refractivity contribution in [2.45, 2.75) is 20.8 Å². The monoisotopic (exact) mass is 234 g/mol. The first-order valence-electron chi connectivity index (χ1n) is 4.62. The molecular weight excluding hydrogens is 219 g/mol. The molecule has 0 bridgehead atoms. The summed E-state index contributed by atoms with van der Waals surface area (Å²) >= 11 is 0. The van der Waals surface area contributed by atoms with Gasteiger partial charge in [-0.05, 0) is 20.8 Å². The Labute approximate surface area is 88.2 Å². The van der Waals surface area contributed by atoms with E-state index in [1.54, 1.807) is 20.8 Å². The van der Waals surface area contributed by atoms with E-state index in [-0.39, 0.29) is 19.2 Å². The fraction of sp³-hybridized carbons (Fsp3) is 0.714. The molecule has 7 nitrogen and oxygen atoms in total. The zero-order chi connectivity index (χ0) is 11.5. The molecule has 0 spiro atoms. The van der Waals surface area contributed by atoms with Gasteiger partial charge in [0.25, 0.3) is 0 Å². The molecule has 2 N–H and O–H groups in total. The summed E-state index contributed by atoms with van der Waals surface area (Å²) in [4.78, 5) is 3.84. The molecule has 8 heteroatoms. The van der Waals surface area contributed by atoms with Gasteiger partial charge in [0.2, 0.25) is 5.95 Å². The molecule has 1 aromatic heterocycles. The molecule has 0 atom stereocenters. The molecule has 0 aromatic carbocycles. The van der Waals surface area contributed by atoms with Crippen LogP contribution in [0.5, 0.6) is 0 Å². The highest BCUT2D eigenvalue weighted by Crippen LogP contribution is 2.49. The third-order valence-electron chi connectivity index (χ3n) is 1.54. The average Bonchev–Trinajstić information content (AvgIpc) is 2.46. The van der Waals surface area contributed by atoms with Crippen molar-refractivity contribution in [2.24, 2.45) is 0 Å². The first-order valence-corrected chi connectivity index (χ1v) is 6.12. The SMILES string of the molecule is CCOP(=O)(OCC)n1nc(C)nc1N. The van der Waals surface area contributed by atoms with Gasteiger partial charge >= 0.3 is 7.75 Å². The predicted octanol–water partition coefficient (Wildman–Crippen LogP) is 1.20. The van der Waals surface area contributed by atoms with Crippen molar-refractivity contribution in [3.05, 3.63) is 5.82 Å². The molecule has 0 aliphatic carbocycles. The van der Waals surface area contributed by atoms with Gasteiger partial charge in [-0.2, -0.15) is 4.98 Å². The summed E-state index contributed by atoms with van der Waals surface area (Å²) in [5.74, 6) is 0.449. The Morgan fingerprint density at radius 1 is 1.40 bits per heavy atom. The van der Waals surface area contributed by atoms with E-state index in [0.717, 1.165) is 4.45 Å². The Morgan fingerprint density at radius 3 is 2.27 bits per heavy atom. The fourth-order valence-electron chi connectivity index (χ4n) is 1.07. The summed E-state index contributed by atoms with van der Waals surface area (Å²) in [5.41, 5.74) is 5.55. The molecule has 0 saturated carbocycles. The molecule has 0 aliphatic heterocycles. The summed E-state index contributed by atoms with van der Waals surface area (Å²) in [6.07, 6.45) is 0. The highest BCUT2D eigenvalue weighted by molar-refractivity contribution is 7.52. The lowest BCUT2D eigenvalue weighted by Crippen LogP contribution is -2.09. The van der Waals surface area contributed by atoms with Crippen LogP contribution in [0.2, 0.25) is 0 Å². The largest absolute Gasteiger partial charge is 0.458 e. The number of anilines is 1. The molecule has 0 amide bonds. The number of nitrogens with two attached hydrogens (primary N) is 1. The summed E-state index contributed by atoms with van der Waals surface area (Å²) in [6.45, 7) is 5.57. The third-order valence-corrected chi connectivity index (χ3v) is 3.46. The quantitative estimate of drug-likeness (QED) is 0.769. The maximum Gasteiger partial charge on any atom is 0.458 e. The van der Waals surface area contributed by atoms with Gasteiger partial charge in [-0.15, -0.1) is 9.55 Å². The van der Waals surface area contributed by atoms with Crippen molar-refractivity contribution >= 4 is 13.7 Å². The van der Waals surface area contributed by atoms with Crippen LogP contribution in [0, 0.1) is 6.92 Å². The third kappa shape index (κ3) is 2.56. The van der Waals surface area contributed by atoms with E-state index in [0.29, 0.717) is 5.82 Å². The Morgan fingerprint density at radius 2 is 1.93 bits per heavy atom. The van der Waals surface area contributed by atoms with Gasteiger partial charge in [-0.3, -0.25) is 9.05 Å². The van der Waals surface area contributed by atoms with E-state index in [2.05, 4.69) is 10.1 Å². The second-order valence-corrected chi connectivity index (χ2v) is 4.54. The van der Waals surface area contributed by atoms with Crippen LogP contribution in [0.3, 0.4) is 0 Å². The first-order chi connectivity index (χ1) is 7.03. The predicted molar refractivity (Wildman–Crippen MR) is 55.4 cm³/mol. The summed E-state index contributed by atoms with van der Waals surface area (Å²) in [7, 11) is -3.47. The second kappa shape index (κ2) is 4.74. The molecule has 0 fully saturated rings. The number of nitrogen functional groups attached to an aromatic ring is 1. The Balaban J connectivity index is 3.08. The molecule has 1 aromatic rings. The highest BCUT2D eigenvalue weighted by Gasteiger charge is 2.30. The van der Waals surface area contributed by atoms with Crippen molar-refractivity contribution in [1.82, 2.24) is 14.5 Å². The van der Waals surface area contributed by atoms with E-state index in [1.165, 1.54) is 0 Å². The van der Waals surface area contributed by atoms with Crippen molar-refractivity contribution in [1.29, 1.82) is 0 Å². The van der Waals surface area contributed by atoms with E-state index >= 15 is 0 Å². The number of hydrogen-bond donors (Lipinski definition) is 1. The van der Waals surface area contributed by atoms with Crippen LogP contribution >= 0.6 is 7.75 Å². The molecule has 0 radical (unpaired) electrons. The lowest BCUT2D eigenvalue weighted by molar-refractivity contribution is 0.209. The van der Waals surface area contributed by atoms with Crippen LogP contribution in [0.15, 0.2) is 0 Å². The molecule has 86 valence electrons. The van der Waals surface area contributed by atoms with Crippen LogP contribution < -0.4 is 5.73 Å². The Kier molecular flexibility index (Phi) is 3.84. The van der Waals surface area contributed by atoms with Crippen LogP contribution in [0.1, 0.15) is 19.7 Å². The number of aryl methyl sites for hydroxylation is 1. The molecule has 1 rings (SSSR count). The molecule has 1 heterocycles. The van der Waals surface area contributed by atoms with Gasteiger partial charge in [-0.1, -0.05) is 0 Å². The topological polar surface area (TPSA) is 92.3 Å². The Bertz CT molecular complexity index is 368. The maximum atomic E-state index is 12.2. The summed E-state index contributed by atoms with van der Waals surface area (Å²) < 4.78 is 23.3. The standard InChI is InChI=1S/C7H15N4O3P/c1-4-13-15(12,14-5-2)11-7(8)9-6(3)10-11/h4-5H2,1-3H3,(H2,8,9,10). The van der Waals surface area contributed by atoms with Crippen molar-refractivity contribution in [3.63, 3.8) is 0 Å². The molecule has 0 aliphatic rings. The Hall–Kier alpha value is -0.910. The van der Waals surface area contributed by atoms with Crippen LogP contribution in [-0.2, 0) is 13.6 Å². The van der Waals surface area contributed by atoms with E-state index in [9.17, 15) is 4.57 Å². The minimum absolute atomic E-state index is 0.0257. The van der Waals surface area contributed by atoms with Gasteiger partial charge < -0.3 is 5.73 Å². The number of nitrogens with zero attached hydrogens (tertiary/aromatic N) is 3. The maximum absolute atomic E-state index is 12.2. The van der Waals surface area contributed by atoms with Gasteiger partial charge in [0.15, 0.2) is 0 Å². The van der Waals surface area contributed by atoms with E-state index in [4.69, 9.17) is 14.8 Å². The molecule has 0 saturated heterocycles. The average molecular weight is 234 g/mol. The normalized spacial score (nSPS) is 11.9. The minimum atomic E-state index is -3.47. The number of rotatable bonds is 5. The smallest absolute Gasteiger partial charge is 0.368 e. The zero-order valence-electron chi connectivity index (χ0n) is 9.01. The van der Waals surface area contributed by atoms with Crippen molar-refractivity contribution < 1.29 is 13.6 Å². The molecule has 15 heavy (non-hydrogen) atoms. The van der Waals surface area contributed by atoms with Crippen molar-refractivity contribution in [2.75, 3.05) is 18.9 Å². The lowest BCUT2D eigenvalue weighted by Gasteiger charge is -2.16. The van der Waals surface area contributed by atoms with Gasteiger partial charge in [-0.25, -0.2) is 4.57 Å². The van der Waals surface area contributed by atoms with Crippen LogP contribution in [0.4, 0.5) is 5.95 Å². The van der Waals surface area contributed by atoms with Crippen molar-refractivity contribution in [3.8, 4) is 0 Å². The van der Waals surface area contributed by atoms with Gasteiger partial charge in [0, 0.05) is 0 Å². The molecule has 0 unspecified atom stereocenters. The van der Waals surface area contributed by atoms with Crippen LogP contribution in [0.25, 0.3) is 0 Å². The highest BCUT2D eigenvalue weighted by atomic mass is 31.2. The minimum Gasteiger partial charge on any atom is -0.368 e. The molecular formula is C7H15N4O3P. The van der Waals surface area contributed by atoms with E-state index in [1.807, 2.05) is 0 Å². The summed E-state index contributed by atoms with van der Waals surface area (Å²) in [6, 6.07) is 0. The lowest BCUT2D eigenvalue weighted by atomic mass is 10.8. The van der Waals surface area contributed by atoms with E-state index < -0.39 is 7.75 Å². The second-order valence-electron chi connectivity index (χ2n) is 2.71. The zero-order valence-corrected chi connectivity index (χ0v) is 9.90. The summed E-state index contributed by atoms with van der Waals surface area (Å²) in [5, 5.41) is 3.89. The first kappa shape index (κ1) is 12.2. The van der Waals surface area contributed by atoms with Gasteiger partial charge in [0.1, 0.15) is 5.82 Å². The fourth-order valence-corrected chi connectivity index (χ4v) is 2.55. The number of hydrogen-bond acceptors (Lipinski definition) is 6. The number of aromatic nitrogens is 3. The van der Waals surface area contributed by atoms with Crippen LogP contribution in [-0.4, -0.2) is 27.7 Å². The van der Waals surface area contributed by atoms with Gasteiger partial charge in [0.05, 0.1) is 13.2 Å².